The van der Waals surface area contributed by atoms with Gasteiger partial charge in [0.05, 0.1) is 12.8 Å². The van der Waals surface area contributed by atoms with Crippen LogP contribution in [-0.4, -0.2) is 60.3 Å². The van der Waals surface area contributed by atoms with Crippen molar-refractivity contribution in [3.63, 3.8) is 0 Å². The van der Waals surface area contributed by atoms with E-state index in [0.717, 1.165) is 10.5 Å². The van der Waals surface area contributed by atoms with Gasteiger partial charge < -0.3 is 9.84 Å². The lowest BCUT2D eigenvalue weighted by Crippen LogP contribution is -2.39. The summed E-state index contributed by atoms with van der Waals surface area (Å²) in [5, 5.41) is 14.3. The highest BCUT2D eigenvalue weighted by Gasteiger charge is 2.32. The summed E-state index contributed by atoms with van der Waals surface area (Å²) in [6, 6.07) is -0.329. The van der Waals surface area contributed by atoms with E-state index in [1.807, 2.05) is 0 Å². The molecule has 0 aromatic carbocycles. The van der Waals surface area contributed by atoms with Crippen LogP contribution in [0.15, 0.2) is 11.2 Å². The molecule has 0 spiro atoms. The van der Waals surface area contributed by atoms with Crippen molar-refractivity contribution >= 4 is 16.0 Å². The molecule has 0 aliphatic rings. The normalized spacial score (nSPS) is 12.3. The number of aromatic amines is 1. The molecule has 1 rings (SSSR count). The van der Waals surface area contributed by atoms with Crippen molar-refractivity contribution < 1.29 is 23.1 Å². The predicted octanol–water partition coefficient (Wildman–Crippen LogP) is 0.153. The van der Waals surface area contributed by atoms with Gasteiger partial charge in [-0.2, -0.15) is 9.40 Å². The number of sulfonamides is 1. The Morgan fingerprint density at radius 3 is 2.68 bits per heavy atom. The third-order valence-corrected chi connectivity index (χ3v) is 4.54. The van der Waals surface area contributed by atoms with E-state index in [1.54, 1.807) is 13.8 Å². The van der Waals surface area contributed by atoms with Gasteiger partial charge in [0.25, 0.3) is 10.0 Å². The predicted molar refractivity (Wildman–Crippen MR) is 66.5 cm³/mol. The van der Waals surface area contributed by atoms with E-state index in [9.17, 15) is 13.2 Å². The third-order valence-electron chi connectivity index (χ3n) is 2.49. The third kappa shape index (κ3) is 3.31. The zero-order chi connectivity index (χ0) is 14.6. The average Bonchev–Trinajstić information content (AvgIpc) is 2.78. The first kappa shape index (κ1) is 15.6. The van der Waals surface area contributed by atoms with Crippen LogP contribution in [0.25, 0.3) is 0 Å². The minimum Gasteiger partial charge on any atom is -0.478 e. The minimum absolute atomic E-state index is 0.134. The summed E-state index contributed by atoms with van der Waals surface area (Å²) >= 11 is 0. The summed E-state index contributed by atoms with van der Waals surface area (Å²) in [5.74, 6) is -1.34. The summed E-state index contributed by atoms with van der Waals surface area (Å²) < 4.78 is 30.8. The van der Waals surface area contributed by atoms with Crippen LogP contribution in [0, 0.1) is 0 Å². The van der Waals surface area contributed by atoms with Gasteiger partial charge in [-0.25, -0.2) is 13.2 Å². The highest BCUT2D eigenvalue weighted by atomic mass is 32.2. The number of aromatic nitrogens is 2. The Morgan fingerprint density at radius 2 is 2.21 bits per heavy atom. The maximum Gasteiger partial charge on any atom is 0.340 e. The molecule has 108 valence electrons. The number of methoxy groups -OCH3 is 1. The van der Waals surface area contributed by atoms with Crippen LogP contribution < -0.4 is 0 Å². The summed E-state index contributed by atoms with van der Waals surface area (Å²) in [5.41, 5.74) is -0.372. The van der Waals surface area contributed by atoms with E-state index in [-0.39, 0.29) is 24.8 Å². The first-order valence-corrected chi connectivity index (χ1v) is 7.03. The zero-order valence-electron chi connectivity index (χ0n) is 11.0. The van der Waals surface area contributed by atoms with Crippen LogP contribution in [0.2, 0.25) is 0 Å². The van der Waals surface area contributed by atoms with Crippen molar-refractivity contribution in [2.75, 3.05) is 20.3 Å². The molecule has 8 nitrogen and oxygen atoms in total. The van der Waals surface area contributed by atoms with Crippen molar-refractivity contribution in [3.05, 3.63) is 11.8 Å². The number of aromatic carboxylic acids is 1. The minimum atomic E-state index is -3.95. The number of carboxylic acid groups (broad SMARTS) is 1. The Balaban J connectivity index is 3.19. The molecule has 9 heteroatoms. The van der Waals surface area contributed by atoms with Crippen molar-refractivity contribution in [1.82, 2.24) is 14.5 Å². The number of nitrogens with zero attached hydrogens (tertiary/aromatic N) is 2. The van der Waals surface area contributed by atoms with Crippen molar-refractivity contribution in [3.8, 4) is 0 Å². The van der Waals surface area contributed by atoms with Crippen LogP contribution in [0.4, 0.5) is 0 Å². The Hall–Kier alpha value is -1.45. The number of carbonyl (C=O) groups is 1. The van der Waals surface area contributed by atoms with Gasteiger partial charge >= 0.3 is 5.97 Å². The second kappa shape index (κ2) is 6.13. The fourth-order valence-electron chi connectivity index (χ4n) is 1.58. The Morgan fingerprint density at radius 1 is 1.58 bits per heavy atom. The molecule has 0 fully saturated rings. The number of carboxylic acids is 1. The van der Waals surface area contributed by atoms with Gasteiger partial charge in [-0.1, -0.05) is 0 Å². The number of ether oxygens (including phenoxy) is 1. The molecule has 0 bridgehead atoms. The maximum atomic E-state index is 12.4. The highest BCUT2D eigenvalue weighted by molar-refractivity contribution is 7.89. The molecular weight excluding hydrogens is 274 g/mol. The van der Waals surface area contributed by atoms with Gasteiger partial charge in [0.15, 0.2) is 5.03 Å². The van der Waals surface area contributed by atoms with Gasteiger partial charge in [0.1, 0.15) is 5.56 Å². The van der Waals surface area contributed by atoms with Gasteiger partial charge in [-0.05, 0) is 13.8 Å². The second-order valence-corrected chi connectivity index (χ2v) is 5.95. The quantitative estimate of drug-likeness (QED) is 0.739. The van der Waals surface area contributed by atoms with Gasteiger partial charge in [-0.3, -0.25) is 5.10 Å². The first-order valence-electron chi connectivity index (χ1n) is 5.59. The molecule has 0 amide bonds. The fourth-order valence-corrected chi connectivity index (χ4v) is 3.27. The summed E-state index contributed by atoms with van der Waals surface area (Å²) in [6.07, 6.45) is 0.976. The first-order chi connectivity index (χ1) is 8.82. The van der Waals surface area contributed by atoms with Crippen LogP contribution in [-0.2, 0) is 14.8 Å². The smallest absolute Gasteiger partial charge is 0.340 e. The van der Waals surface area contributed by atoms with Crippen LogP contribution in [0.5, 0.6) is 0 Å². The molecular formula is C10H17N3O5S. The summed E-state index contributed by atoms with van der Waals surface area (Å²) in [6.45, 7) is 3.75. The number of nitrogens with one attached hydrogen (secondary N) is 1. The SMILES string of the molecule is COCCN(C(C)C)S(=O)(=O)c1[nH]ncc1C(=O)O. The van der Waals surface area contributed by atoms with E-state index < -0.39 is 21.0 Å². The van der Waals surface area contributed by atoms with Crippen molar-refractivity contribution in [2.45, 2.75) is 24.9 Å². The van der Waals surface area contributed by atoms with Crippen LogP contribution in [0.3, 0.4) is 0 Å². The lowest BCUT2D eigenvalue weighted by Gasteiger charge is -2.24. The molecule has 1 aromatic heterocycles. The van der Waals surface area contributed by atoms with Crippen molar-refractivity contribution in [1.29, 1.82) is 0 Å². The van der Waals surface area contributed by atoms with E-state index in [2.05, 4.69) is 10.2 Å². The number of H-pyrrole nitrogens is 1. The molecule has 0 saturated heterocycles. The molecule has 1 aromatic rings. The molecule has 0 unspecified atom stereocenters. The lowest BCUT2D eigenvalue weighted by atomic mass is 10.4. The van der Waals surface area contributed by atoms with Gasteiger partial charge in [0.2, 0.25) is 0 Å². The molecule has 0 aliphatic heterocycles. The average molecular weight is 291 g/mol. The molecule has 0 aliphatic carbocycles. The van der Waals surface area contributed by atoms with E-state index in [0.29, 0.717) is 0 Å². The molecule has 19 heavy (non-hydrogen) atoms. The zero-order valence-corrected chi connectivity index (χ0v) is 11.8. The van der Waals surface area contributed by atoms with Gasteiger partial charge in [0, 0.05) is 19.7 Å². The monoisotopic (exact) mass is 291 g/mol. The molecule has 0 radical (unpaired) electrons. The number of hydrogen-bond donors (Lipinski definition) is 2. The summed E-state index contributed by atoms with van der Waals surface area (Å²) in [4.78, 5) is 11.0. The topological polar surface area (TPSA) is 113 Å². The maximum absolute atomic E-state index is 12.4. The molecule has 0 saturated carbocycles. The fraction of sp³-hybridized carbons (Fsp3) is 0.600. The van der Waals surface area contributed by atoms with E-state index in [4.69, 9.17) is 9.84 Å². The Kier molecular flexibility index (Phi) is 5.04. The molecule has 0 atom stereocenters. The lowest BCUT2D eigenvalue weighted by molar-refractivity contribution is 0.0692. The second-order valence-electron chi connectivity index (χ2n) is 4.12. The highest BCUT2D eigenvalue weighted by Crippen LogP contribution is 2.19. The number of rotatable bonds is 7. The standard InChI is InChI=1S/C10H17N3O5S/c1-7(2)13(4-5-18-3)19(16,17)9-8(10(14)15)6-11-12-9/h6-7H,4-5H2,1-3H3,(H,11,12)(H,14,15). The largest absolute Gasteiger partial charge is 0.478 e. The van der Waals surface area contributed by atoms with Crippen molar-refractivity contribution in [2.24, 2.45) is 0 Å². The van der Waals surface area contributed by atoms with Crippen LogP contribution >= 0.6 is 0 Å². The summed E-state index contributed by atoms with van der Waals surface area (Å²) in [7, 11) is -2.49. The molecule has 2 N–H and O–H groups in total. The Bertz CT molecular complexity index is 537. The Labute approximate surface area is 111 Å². The molecule has 1 heterocycles. The number of hydrogen-bond acceptors (Lipinski definition) is 5. The van der Waals surface area contributed by atoms with Crippen LogP contribution in [0.1, 0.15) is 24.2 Å². The van der Waals surface area contributed by atoms with E-state index >= 15 is 0 Å². The van der Waals surface area contributed by atoms with E-state index in [1.165, 1.54) is 7.11 Å². The van der Waals surface area contributed by atoms with Gasteiger partial charge in [-0.15, -0.1) is 0 Å².